The Morgan fingerprint density at radius 3 is 2.26 bits per heavy atom. The number of nitrogens with two attached hydrogens (primary N) is 1. The van der Waals surface area contributed by atoms with Gasteiger partial charge in [0.15, 0.2) is 0 Å². The zero-order chi connectivity index (χ0) is 15.0. The molecule has 1 atom stereocenters. The van der Waals surface area contributed by atoms with Gasteiger partial charge in [-0.15, -0.1) is 0 Å². The van der Waals surface area contributed by atoms with Gasteiger partial charge in [-0.05, 0) is 5.92 Å². The monoisotopic (exact) mass is 275 g/mol. The molecular formula is C11H21N3O5. The first-order chi connectivity index (χ1) is 8.77. The van der Waals surface area contributed by atoms with Crippen molar-refractivity contribution >= 4 is 17.9 Å². The fourth-order valence-electron chi connectivity index (χ4n) is 1.47. The second-order valence-electron chi connectivity index (χ2n) is 4.59. The van der Waals surface area contributed by atoms with Crippen LogP contribution < -0.4 is 11.1 Å². The van der Waals surface area contributed by atoms with Crippen molar-refractivity contribution in [2.45, 2.75) is 26.3 Å². The highest BCUT2D eigenvalue weighted by Crippen LogP contribution is 2.01. The fourth-order valence-corrected chi connectivity index (χ4v) is 1.47. The molecule has 0 spiro atoms. The predicted molar refractivity (Wildman–Crippen MR) is 67.3 cm³/mol. The summed E-state index contributed by atoms with van der Waals surface area (Å²) in [5.41, 5.74) is 5.04. The fraction of sp³-hybridized carbons (Fsp3) is 0.727. The third-order valence-corrected chi connectivity index (χ3v) is 2.23. The molecule has 0 radical (unpaired) electrons. The molecule has 0 aliphatic heterocycles. The Morgan fingerprint density at radius 1 is 1.32 bits per heavy atom. The Bertz CT molecular complexity index is 332. The lowest BCUT2D eigenvalue weighted by atomic mass is 10.2. The molecule has 0 aromatic rings. The summed E-state index contributed by atoms with van der Waals surface area (Å²) in [6.07, 6.45) is -0.104. The zero-order valence-corrected chi connectivity index (χ0v) is 11.1. The highest BCUT2D eigenvalue weighted by Gasteiger charge is 2.23. The molecule has 0 aliphatic carbocycles. The van der Waals surface area contributed by atoms with Crippen molar-refractivity contribution in [3.8, 4) is 0 Å². The SMILES string of the molecule is CC(C)CN(CC(N)=O)C(=O)N[C@@H](CCO)C(=O)O. The van der Waals surface area contributed by atoms with E-state index >= 15 is 0 Å². The Morgan fingerprint density at radius 2 is 1.89 bits per heavy atom. The summed E-state index contributed by atoms with van der Waals surface area (Å²) in [4.78, 5) is 34.8. The van der Waals surface area contributed by atoms with Crippen molar-refractivity contribution in [1.29, 1.82) is 0 Å². The standard InChI is InChI=1S/C11H21N3O5/c1-7(2)5-14(6-9(12)16)11(19)13-8(3-4-15)10(17)18/h7-8,15H,3-6H2,1-2H3,(H2,12,16)(H,13,19)(H,17,18)/t8-/m0/s1. The van der Waals surface area contributed by atoms with Gasteiger partial charge in [-0.1, -0.05) is 13.8 Å². The Labute approximate surface area is 111 Å². The van der Waals surface area contributed by atoms with E-state index in [0.717, 1.165) is 4.90 Å². The van der Waals surface area contributed by atoms with Gasteiger partial charge in [0.25, 0.3) is 0 Å². The molecule has 0 aromatic heterocycles. The third-order valence-electron chi connectivity index (χ3n) is 2.23. The molecule has 0 saturated carbocycles. The van der Waals surface area contributed by atoms with Crippen molar-refractivity contribution < 1.29 is 24.6 Å². The van der Waals surface area contributed by atoms with Gasteiger partial charge in [-0.3, -0.25) is 4.79 Å². The molecule has 0 heterocycles. The van der Waals surface area contributed by atoms with Gasteiger partial charge in [-0.2, -0.15) is 0 Å². The van der Waals surface area contributed by atoms with E-state index in [4.69, 9.17) is 15.9 Å². The molecule has 5 N–H and O–H groups in total. The van der Waals surface area contributed by atoms with Gasteiger partial charge in [-0.25, -0.2) is 9.59 Å². The van der Waals surface area contributed by atoms with Crippen LogP contribution in [0.5, 0.6) is 0 Å². The summed E-state index contributed by atoms with van der Waals surface area (Å²) in [5, 5.41) is 19.8. The smallest absolute Gasteiger partial charge is 0.326 e. The first-order valence-electron chi connectivity index (χ1n) is 5.95. The van der Waals surface area contributed by atoms with E-state index in [1.165, 1.54) is 0 Å². The number of primary amides is 1. The van der Waals surface area contributed by atoms with Crippen molar-refractivity contribution in [3.63, 3.8) is 0 Å². The number of aliphatic hydroxyl groups excluding tert-OH is 1. The van der Waals surface area contributed by atoms with Crippen LogP contribution in [0.4, 0.5) is 4.79 Å². The number of amides is 3. The summed E-state index contributed by atoms with van der Waals surface area (Å²) in [6, 6.07) is -1.88. The summed E-state index contributed by atoms with van der Waals surface area (Å²) in [5.74, 6) is -1.82. The maximum absolute atomic E-state index is 11.9. The molecule has 8 nitrogen and oxygen atoms in total. The maximum Gasteiger partial charge on any atom is 0.326 e. The number of urea groups is 1. The van der Waals surface area contributed by atoms with Crippen LogP contribution in [0.25, 0.3) is 0 Å². The maximum atomic E-state index is 11.9. The van der Waals surface area contributed by atoms with Crippen LogP contribution in [0.3, 0.4) is 0 Å². The number of hydrogen-bond acceptors (Lipinski definition) is 4. The van der Waals surface area contributed by atoms with E-state index in [9.17, 15) is 14.4 Å². The van der Waals surface area contributed by atoms with Crippen LogP contribution in [0.1, 0.15) is 20.3 Å². The molecule has 0 aliphatic rings. The zero-order valence-electron chi connectivity index (χ0n) is 11.1. The number of carboxylic acid groups (broad SMARTS) is 1. The number of carbonyl (C=O) groups excluding carboxylic acids is 2. The summed E-state index contributed by atoms with van der Waals surface area (Å²) < 4.78 is 0. The number of nitrogens with zero attached hydrogens (tertiary/aromatic N) is 1. The van der Waals surface area contributed by atoms with Crippen LogP contribution in [0, 0.1) is 5.92 Å². The van der Waals surface area contributed by atoms with E-state index in [0.29, 0.717) is 0 Å². The van der Waals surface area contributed by atoms with Crippen LogP contribution in [-0.2, 0) is 9.59 Å². The number of carboxylic acids is 1. The highest BCUT2D eigenvalue weighted by molar-refractivity contribution is 5.86. The van der Waals surface area contributed by atoms with E-state index in [2.05, 4.69) is 5.32 Å². The number of nitrogens with one attached hydrogen (secondary N) is 1. The lowest BCUT2D eigenvalue weighted by molar-refractivity contribution is -0.139. The van der Waals surface area contributed by atoms with Crippen molar-refractivity contribution in [2.24, 2.45) is 11.7 Å². The first kappa shape index (κ1) is 17.2. The molecule has 0 fully saturated rings. The van der Waals surface area contributed by atoms with Gasteiger partial charge in [0.2, 0.25) is 5.91 Å². The van der Waals surface area contributed by atoms with E-state index in [-0.39, 0.29) is 32.0 Å². The average Bonchev–Trinajstić information content (AvgIpc) is 2.25. The van der Waals surface area contributed by atoms with Crippen molar-refractivity contribution in [3.05, 3.63) is 0 Å². The third kappa shape index (κ3) is 7.24. The Balaban J connectivity index is 4.68. The van der Waals surface area contributed by atoms with Crippen molar-refractivity contribution in [2.75, 3.05) is 19.7 Å². The predicted octanol–water partition coefficient (Wildman–Crippen LogP) is -1.03. The molecule has 0 aromatic carbocycles. The van der Waals surface area contributed by atoms with Crippen LogP contribution in [0.15, 0.2) is 0 Å². The van der Waals surface area contributed by atoms with E-state index in [1.54, 1.807) is 0 Å². The van der Waals surface area contributed by atoms with Crippen LogP contribution in [0.2, 0.25) is 0 Å². The molecule has 0 unspecified atom stereocenters. The van der Waals surface area contributed by atoms with E-state index < -0.39 is 23.9 Å². The molecule has 8 heteroatoms. The summed E-state index contributed by atoms with van der Waals surface area (Å²) in [6.45, 7) is 3.33. The minimum absolute atomic E-state index is 0.103. The lowest BCUT2D eigenvalue weighted by Gasteiger charge is -2.25. The molecule has 19 heavy (non-hydrogen) atoms. The normalized spacial score (nSPS) is 12.0. The Hall–Kier alpha value is -1.83. The van der Waals surface area contributed by atoms with E-state index in [1.807, 2.05) is 13.8 Å². The molecule has 0 saturated heterocycles. The minimum Gasteiger partial charge on any atom is -0.480 e. The number of aliphatic carboxylic acids is 1. The average molecular weight is 275 g/mol. The van der Waals surface area contributed by atoms with Crippen LogP contribution in [-0.4, -0.2) is 58.8 Å². The number of rotatable bonds is 8. The second-order valence-corrected chi connectivity index (χ2v) is 4.59. The van der Waals surface area contributed by atoms with Gasteiger partial charge >= 0.3 is 12.0 Å². The lowest BCUT2D eigenvalue weighted by Crippen LogP contribution is -2.51. The number of aliphatic hydroxyl groups is 1. The number of hydrogen-bond donors (Lipinski definition) is 4. The molecule has 3 amide bonds. The first-order valence-corrected chi connectivity index (χ1v) is 5.95. The number of carbonyl (C=O) groups is 3. The summed E-state index contributed by atoms with van der Waals surface area (Å²) in [7, 11) is 0. The van der Waals surface area contributed by atoms with Crippen LogP contribution >= 0.6 is 0 Å². The van der Waals surface area contributed by atoms with Gasteiger partial charge in [0.05, 0.1) is 0 Å². The Kier molecular flexibility index (Phi) is 7.50. The summed E-state index contributed by atoms with van der Waals surface area (Å²) >= 11 is 0. The molecule has 0 bridgehead atoms. The van der Waals surface area contributed by atoms with Gasteiger partial charge < -0.3 is 26.2 Å². The second kappa shape index (κ2) is 8.30. The highest BCUT2D eigenvalue weighted by atomic mass is 16.4. The molecule has 0 rings (SSSR count). The van der Waals surface area contributed by atoms with Gasteiger partial charge in [0.1, 0.15) is 12.6 Å². The van der Waals surface area contributed by atoms with Crippen molar-refractivity contribution in [1.82, 2.24) is 10.2 Å². The molecule has 110 valence electrons. The van der Waals surface area contributed by atoms with Gasteiger partial charge in [0, 0.05) is 19.6 Å². The molecular weight excluding hydrogens is 254 g/mol. The minimum atomic E-state index is -1.24. The topological polar surface area (TPSA) is 133 Å². The quantitative estimate of drug-likeness (QED) is 0.450. The largest absolute Gasteiger partial charge is 0.480 e.